The molecule has 1 unspecified atom stereocenters. The molecule has 0 aliphatic carbocycles. The Labute approximate surface area is 160 Å². The van der Waals surface area contributed by atoms with Crippen LogP contribution in [0, 0.1) is 0 Å². The van der Waals surface area contributed by atoms with Crippen LogP contribution in [0.2, 0.25) is 0 Å². The number of methoxy groups -OCH3 is 1. The lowest BCUT2D eigenvalue weighted by molar-refractivity contribution is -0.136. The highest BCUT2D eigenvalue weighted by atomic mass is 16.5. The van der Waals surface area contributed by atoms with Crippen LogP contribution < -0.4 is 9.47 Å². The van der Waals surface area contributed by atoms with E-state index in [1.165, 1.54) is 0 Å². The van der Waals surface area contributed by atoms with Gasteiger partial charge in [-0.05, 0) is 48.4 Å². The molecule has 0 aromatic heterocycles. The van der Waals surface area contributed by atoms with Gasteiger partial charge in [0.05, 0.1) is 7.11 Å². The van der Waals surface area contributed by atoms with Crippen LogP contribution in [-0.2, 0) is 4.79 Å². The molecule has 0 heterocycles. The summed E-state index contributed by atoms with van der Waals surface area (Å²) in [5.41, 5.74) is 1.95. The lowest BCUT2D eigenvalue weighted by Crippen LogP contribution is -2.37. The van der Waals surface area contributed by atoms with Crippen molar-refractivity contribution in [1.29, 1.82) is 0 Å². The van der Waals surface area contributed by atoms with Gasteiger partial charge in [-0.25, -0.2) is 0 Å². The first-order valence-corrected chi connectivity index (χ1v) is 9.13. The number of amides is 1. The van der Waals surface area contributed by atoms with Gasteiger partial charge in [0.15, 0.2) is 6.10 Å². The molecule has 0 saturated heterocycles. The van der Waals surface area contributed by atoms with Gasteiger partial charge in [0.25, 0.3) is 5.91 Å². The summed E-state index contributed by atoms with van der Waals surface area (Å²) in [6, 6.07) is 20.0. The fourth-order valence-electron chi connectivity index (χ4n) is 3.13. The van der Waals surface area contributed by atoms with E-state index in [0.29, 0.717) is 12.3 Å². The third-order valence-corrected chi connectivity index (χ3v) is 4.75. The Hall–Kier alpha value is -3.01. The Morgan fingerprint density at radius 2 is 1.85 bits per heavy atom. The van der Waals surface area contributed by atoms with Crippen molar-refractivity contribution in [2.45, 2.75) is 20.0 Å². The predicted octanol–water partition coefficient (Wildman–Crippen LogP) is 4.76. The smallest absolute Gasteiger partial charge is 0.263 e. The number of hydrogen-bond acceptors (Lipinski definition) is 3. The second-order valence-corrected chi connectivity index (χ2v) is 6.50. The van der Waals surface area contributed by atoms with E-state index in [1.807, 2.05) is 55.5 Å². The third kappa shape index (κ3) is 3.90. The highest BCUT2D eigenvalue weighted by molar-refractivity contribution is 6.00. The van der Waals surface area contributed by atoms with Crippen LogP contribution >= 0.6 is 0 Å². The lowest BCUT2D eigenvalue weighted by Gasteiger charge is -2.22. The van der Waals surface area contributed by atoms with Gasteiger partial charge in [-0.3, -0.25) is 4.79 Å². The average molecular weight is 363 g/mol. The normalized spacial score (nSPS) is 11.9. The fraction of sp³-hybridized carbons (Fsp3) is 0.261. The first kappa shape index (κ1) is 18.8. The van der Waals surface area contributed by atoms with Gasteiger partial charge in [0, 0.05) is 19.2 Å². The van der Waals surface area contributed by atoms with E-state index in [4.69, 9.17) is 9.47 Å². The first-order valence-electron chi connectivity index (χ1n) is 9.13. The van der Waals surface area contributed by atoms with Crippen molar-refractivity contribution >= 4 is 16.7 Å². The molecular formula is C23H25NO3. The van der Waals surface area contributed by atoms with Crippen molar-refractivity contribution < 1.29 is 14.3 Å². The van der Waals surface area contributed by atoms with Crippen molar-refractivity contribution in [3.05, 3.63) is 60.7 Å². The Morgan fingerprint density at radius 1 is 1.07 bits per heavy atom. The molecule has 0 fully saturated rings. The number of fused-ring (bicyclic) bond motifs is 1. The predicted molar refractivity (Wildman–Crippen MR) is 109 cm³/mol. The molecule has 140 valence electrons. The Bertz CT molecular complexity index is 951. The number of benzene rings is 3. The summed E-state index contributed by atoms with van der Waals surface area (Å²) in [4.78, 5) is 14.1. The summed E-state index contributed by atoms with van der Waals surface area (Å²) in [5.74, 6) is 1.43. The summed E-state index contributed by atoms with van der Waals surface area (Å²) in [7, 11) is 3.44. The molecule has 0 N–H and O–H groups in total. The summed E-state index contributed by atoms with van der Waals surface area (Å²) in [5, 5.41) is 2.19. The van der Waals surface area contributed by atoms with Gasteiger partial charge < -0.3 is 14.4 Å². The van der Waals surface area contributed by atoms with Crippen LogP contribution in [0.25, 0.3) is 21.9 Å². The topological polar surface area (TPSA) is 38.8 Å². The number of nitrogens with zero attached hydrogens (tertiary/aromatic N) is 1. The first-order chi connectivity index (χ1) is 13.0. The molecule has 27 heavy (non-hydrogen) atoms. The summed E-state index contributed by atoms with van der Waals surface area (Å²) in [6.07, 6.45) is -0.569. The van der Waals surface area contributed by atoms with Crippen LogP contribution in [0.15, 0.2) is 60.7 Å². The molecule has 0 radical (unpaired) electrons. The third-order valence-electron chi connectivity index (χ3n) is 4.75. The van der Waals surface area contributed by atoms with Gasteiger partial charge in [-0.2, -0.15) is 0 Å². The summed E-state index contributed by atoms with van der Waals surface area (Å²) in [6.45, 7) is 4.38. The molecule has 0 bridgehead atoms. The van der Waals surface area contributed by atoms with Crippen molar-refractivity contribution in [2.75, 3.05) is 20.7 Å². The Morgan fingerprint density at radius 3 is 2.59 bits per heavy atom. The second-order valence-electron chi connectivity index (χ2n) is 6.50. The van der Waals surface area contributed by atoms with E-state index < -0.39 is 6.10 Å². The number of ether oxygens (including phenoxy) is 2. The SMILES string of the molecule is CCN(C)C(=O)C(C)Oc1ccc2ccccc2c1-c1cccc(OC)c1. The zero-order chi connectivity index (χ0) is 19.4. The fourth-order valence-corrected chi connectivity index (χ4v) is 3.13. The van der Waals surface area contributed by atoms with E-state index in [1.54, 1.807) is 26.0 Å². The summed E-state index contributed by atoms with van der Waals surface area (Å²) >= 11 is 0. The van der Waals surface area contributed by atoms with E-state index in [-0.39, 0.29) is 5.91 Å². The number of likely N-dealkylation sites (N-methyl/N-ethyl adjacent to an activating group) is 1. The molecule has 1 atom stereocenters. The van der Waals surface area contributed by atoms with Crippen LogP contribution in [0.1, 0.15) is 13.8 Å². The Kier molecular flexibility index (Phi) is 5.65. The molecule has 4 heteroatoms. The maximum atomic E-state index is 12.5. The minimum atomic E-state index is -0.569. The van der Waals surface area contributed by atoms with Crippen molar-refractivity contribution in [3.63, 3.8) is 0 Å². The largest absolute Gasteiger partial charge is 0.497 e. The van der Waals surface area contributed by atoms with Crippen molar-refractivity contribution in [3.8, 4) is 22.6 Å². The number of carbonyl (C=O) groups is 1. The second kappa shape index (κ2) is 8.12. The molecular weight excluding hydrogens is 338 g/mol. The van der Waals surface area contributed by atoms with E-state index in [9.17, 15) is 4.79 Å². The number of rotatable bonds is 6. The van der Waals surface area contributed by atoms with Gasteiger partial charge in [-0.15, -0.1) is 0 Å². The molecule has 1 amide bonds. The zero-order valence-corrected chi connectivity index (χ0v) is 16.2. The number of carbonyl (C=O) groups excluding carboxylic acids is 1. The molecule has 3 rings (SSSR count). The van der Waals surface area contributed by atoms with Crippen LogP contribution in [-0.4, -0.2) is 37.6 Å². The number of hydrogen-bond donors (Lipinski definition) is 0. The van der Waals surface area contributed by atoms with Crippen LogP contribution in [0.4, 0.5) is 0 Å². The molecule has 3 aromatic carbocycles. The highest BCUT2D eigenvalue weighted by Gasteiger charge is 2.21. The minimum Gasteiger partial charge on any atom is -0.497 e. The maximum Gasteiger partial charge on any atom is 0.263 e. The zero-order valence-electron chi connectivity index (χ0n) is 16.2. The van der Waals surface area contributed by atoms with E-state index in [0.717, 1.165) is 27.6 Å². The molecule has 0 saturated carbocycles. The Balaban J connectivity index is 2.11. The average Bonchev–Trinajstić information content (AvgIpc) is 2.72. The van der Waals surface area contributed by atoms with E-state index >= 15 is 0 Å². The van der Waals surface area contributed by atoms with Gasteiger partial charge in [0.2, 0.25) is 0 Å². The molecule has 0 aliphatic rings. The monoisotopic (exact) mass is 363 g/mol. The van der Waals surface area contributed by atoms with Crippen LogP contribution in [0.5, 0.6) is 11.5 Å². The van der Waals surface area contributed by atoms with Crippen molar-refractivity contribution in [2.24, 2.45) is 0 Å². The van der Waals surface area contributed by atoms with Crippen molar-refractivity contribution in [1.82, 2.24) is 4.90 Å². The molecule has 4 nitrogen and oxygen atoms in total. The quantitative estimate of drug-likeness (QED) is 0.634. The standard InChI is InChI=1S/C23H25NO3/c1-5-24(3)23(25)16(2)27-21-14-13-17-9-6-7-12-20(17)22(21)18-10-8-11-19(15-18)26-4/h6-16H,5H2,1-4H3. The molecule has 0 aliphatic heterocycles. The van der Waals surface area contributed by atoms with Crippen LogP contribution in [0.3, 0.4) is 0 Å². The maximum absolute atomic E-state index is 12.5. The highest BCUT2D eigenvalue weighted by Crippen LogP contribution is 2.38. The van der Waals surface area contributed by atoms with E-state index in [2.05, 4.69) is 12.1 Å². The molecule has 0 spiro atoms. The van der Waals surface area contributed by atoms with Gasteiger partial charge in [0.1, 0.15) is 11.5 Å². The lowest BCUT2D eigenvalue weighted by atomic mass is 9.97. The van der Waals surface area contributed by atoms with Gasteiger partial charge >= 0.3 is 0 Å². The minimum absolute atomic E-state index is 0.0396. The van der Waals surface area contributed by atoms with Gasteiger partial charge in [-0.1, -0.05) is 42.5 Å². The molecule has 3 aromatic rings. The summed E-state index contributed by atoms with van der Waals surface area (Å²) < 4.78 is 11.5.